The molecule has 0 bridgehead atoms. The van der Waals surface area contributed by atoms with Gasteiger partial charge in [0.2, 0.25) is 0 Å². The SMILES string of the molecule is CN=C(NCc1ccccc1OC)N(C)Cc1ncc(-c2ccccc2)[nH]1. The number of benzene rings is 2. The van der Waals surface area contributed by atoms with Crippen molar-refractivity contribution in [3.63, 3.8) is 0 Å². The van der Waals surface area contributed by atoms with Crippen molar-refractivity contribution in [3.8, 4) is 17.0 Å². The first-order chi connectivity index (χ1) is 13.2. The van der Waals surface area contributed by atoms with Crippen LogP contribution >= 0.6 is 0 Å². The quantitative estimate of drug-likeness (QED) is 0.521. The Morgan fingerprint density at radius 3 is 2.63 bits per heavy atom. The zero-order chi connectivity index (χ0) is 19.1. The van der Waals surface area contributed by atoms with Crippen molar-refractivity contribution in [2.75, 3.05) is 21.2 Å². The third kappa shape index (κ3) is 4.67. The number of para-hydroxylation sites is 1. The molecule has 0 unspecified atom stereocenters. The maximum atomic E-state index is 5.40. The first-order valence-electron chi connectivity index (χ1n) is 8.84. The van der Waals surface area contributed by atoms with Crippen LogP contribution < -0.4 is 10.1 Å². The standard InChI is InChI=1S/C21H25N5O/c1-22-21(24-13-17-11-7-8-12-19(17)27-3)26(2)15-20-23-14-18(25-20)16-9-5-4-6-10-16/h4-12,14H,13,15H2,1-3H3,(H,22,24)(H,23,25). The highest BCUT2D eigenvalue weighted by molar-refractivity contribution is 5.79. The fraction of sp³-hybridized carbons (Fsp3) is 0.238. The predicted octanol–water partition coefficient (Wildman–Crippen LogP) is 3.29. The molecule has 2 aromatic carbocycles. The number of nitrogens with zero attached hydrogens (tertiary/aromatic N) is 3. The smallest absolute Gasteiger partial charge is 0.194 e. The van der Waals surface area contributed by atoms with Crippen molar-refractivity contribution in [1.82, 2.24) is 20.2 Å². The van der Waals surface area contributed by atoms with E-state index in [1.165, 1.54) is 0 Å². The normalized spacial score (nSPS) is 11.3. The molecule has 0 saturated heterocycles. The molecule has 0 radical (unpaired) electrons. The number of hydrogen-bond acceptors (Lipinski definition) is 3. The van der Waals surface area contributed by atoms with Crippen molar-refractivity contribution in [2.24, 2.45) is 4.99 Å². The average molecular weight is 363 g/mol. The van der Waals surface area contributed by atoms with E-state index in [0.29, 0.717) is 13.1 Å². The Labute approximate surface area is 159 Å². The van der Waals surface area contributed by atoms with Crippen LogP contribution in [0.4, 0.5) is 0 Å². The van der Waals surface area contributed by atoms with E-state index >= 15 is 0 Å². The van der Waals surface area contributed by atoms with Gasteiger partial charge in [0.05, 0.1) is 25.5 Å². The highest BCUT2D eigenvalue weighted by Gasteiger charge is 2.11. The summed E-state index contributed by atoms with van der Waals surface area (Å²) in [7, 11) is 5.45. The van der Waals surface area contributed by atoms with Crippen molar-refractivity contribution in [1.29, 1.82) is 0 Å². The van der Waals surface area contributed by atoms with Crippen LogP contribution in [0, 0.1) is 0 Å². The number of aromatic amines is 1. The van der Waals surface area contributed by atoms with Crippen molar-refractivity contribution in [3.05, 3.63) is 72.2 Å². The van der Waals surface area contributed by atoms with Gasteiger partial charge in [-0.1, -0.05) is 48.5 Å². The number of imidazole rings is 1. The van der Waals surface area contributed by atoms with Gasteiger partial charge >= 0.3 is 0 Å². The summed E-state index contributed by atoms with van der Waals surface area (Å²) in [5.74, 6) is 2.54. The van der Waals surface area contributed by atoms with E-state index in [2.05, 4.69) is 32.4 Å². The van der Waals surface area contributed by atoms with Gasteiger partial charge in [0.15, 0.2) is 5.96 Å². The lowest BCUT2D eigenvalue weighted by Crippen LogP contribution is -2.38. The fourth-order valence-corrected chi connectivity index (χ4v) is 2.91. The molecule has 27 heavy (non-hydrogen) atoms. The number of rotatable bonds is 6. The summed E-state index contributed by atoms with van der Waals surface area (Å²) in [5.41, 5.74) is 3.22. The van der Waals surface area contributed by atoms with Crippen LogP contribution in [0.5, 0.6) is 5.75 Å². The average Bonchev–Trinajstić information content (AvgIpc) is 3.18. The lowest BCUT2D eigenvalue weighted by molar-refractivity contribution is 0.408. The van der Waals surface area contributed by atoms with E-state index in [9.17, 15) is 0 Å². The molecule has 6 heteroatoms. The molecule has 3 aromatic rings. The number of nitrogens with one attached hydrogen (secondary N) is 2. The number of H-pyrrole nitrogens is 1. The van der Waals surface area contributed by atoms with Gasteiger partial charge in [-0.15, -0.1) is 0 Å². The summed E-state index contributed by atoms with van der Waals surface area (Å²) in [6.07, 6.45) is 1.86. The predicted molar refractivity (Wildman–Crippen MR) is 109 cm³/mol. The number of ether oxygens (including phenoxy) is 1. The highest BCUT2D eigenvalue weighted by atomic mass is 16.5. The van der Waals surface area contributed by atoms with Crippen LogP contribution in [0.15, 0.2) is 65.8 Å². The Hall–Kier alpha value is -3.28. The Bertz CT molecular complexity index is 888. The second kappa shape index (κ2) is 8.89. The van der Waals surface area contributed by atoms with Gasteiger partial charge in [-0.3, -0.25) is 4.99 Å². The van der Waals surface area contributed by atoms with E-state index in [1.807, 2.05) is 60.6 Å². The van der Waals surface area contributed by atoms with Crippen LogP contribution in [-0.4, -0.2) is 42.0 Å². The van der Waals surface area contributed by atoms with E-state index in [1.54, 1.807) is 14.2 Å². The lowest BCUT2D eigenvalue weighted by Gasteiger charge is -2.21. The van der Waals surface area contributed by atoms with E-state index in [4.69, 9.17) is 4.74 Å². The third-order valence-electron chi connectivity index (χ3n) is 4.30. The molecule has 0 amide bonds. The maximum absolute atomic E-state index is 5.40. The van der Waals surface area contributed by atoms with Crippen LogP contribution in [0.1, 0.15) is 11.4 Å². The molecule has 0 aliphatic carbocycles. The summed E-state index contributed by atoms with van der Waals surface area (Å²) in [5, 5.41) is 3.37. The molecule has 0 saturated carbocycles. The summed E-state index contributed by atoms with van der Waals surface area (Å²) in [6.45, 7) is 1.26. The number of aliphatic imine (C=N–C) groups is 1. The van der Waals surface area contributed by atoms with Gasteiger partial charge in [0, 0.05) is 26.2 Å². The lowest BCUT2D eigenvalue weighted by atomic mass is 10.2. The van der Waals surface area contributed by atoms with Crippen LogP contribution in [0.3, 0.4) is 0 Å². The molecule has 140 valence electrons. The third-order valence-corrected chi connectivity index (χ3v) is 4.30. The van der Waals surface area contributed by atoms with E-state index in [-0.39, 0.29) is 0 Å². The molecule has 3 rings (SSSR count). The first kappa shape index (κ1) is 18.5. The topological polar surface area (TPSA) is 65.5 Å². The fourth-order valence-electron chi connectivity index (χ4n) is 2.91. The molecular formula is C21H25N5O. The first-order valence-corrected chi connectivity index (χ1v) is 8.84. The van der Waals surface area contributed by atoms with Gasteiger partial charge in [0.25, 0.3) is 0 Å². The number of hydrogen-bond donors (Lipinski definition) is 2. The zero-order valence-electron chi connectivity index (χ0n) is 15.9. The monoisotopic (exact) mass is 363 g/mol. The van der Waals surface area contributed by atoms with Gasteiger partial charge in [-0.2, -0.15) is 0 Å². The molecule has 0 fully saturated rings. The zero-order valence-corrected chi connectivity index (χ0v) is 15.9. The van der Waals surface area contributed by atoms with E-state index < -0.39 is 0 Å². The van der Waals surface area contributed by atoms with Crippen molar-refractivity contribution < 1.29 is 4.74 Å². The molecule has 0 spiro atoms. The molecule has 1 aromatic heterocycles. The minimum absolute atomic E-state index is 0.623. The Morgan fingerprint density at radius 2 is 1.89 bits per heavy atom. The minimum atomic E-state index is 0.623. The largest absolute Gasteiger partial charge is 0.496 e. The van der Waals surface area contributed by atoms with Crippen LogP contribution in [0.25, 0.3) is 11.3 Å². The summed E-state index contributed by atoms with van der Waals surface area (Å²) in [4.78, 5) is 14.3. The summed E-state index contributed by atoms with van der Waals surface area (Å²) < 4.78 is 5.40. The molecular weight excluding hydrogens is 338 g/mol. The summed E-state index contributed by atoms with van der Waals surface area (Å²) >= 11 is 0. The molecule has 0 aliphatic rings. The second-order valence-electron chi connectivity index (χ2n) is 6.18. The Morgan fingerprint density at radius 1 is 1.15 bits per heavy atom. The molecule has 6 nitrogen and oxygen atoms in total. The van der Waals surface area contributed by atoms with Crippen LogP contribution in [-0.2, 0) is 13.1 Å². The van der Waals surface area contributed by atoms with Gasteiger partial charge in [-0.05, 0) is 11.6 Å². The van der Waals surface area contributed by atoms with Gasteiger partial charge in [-0.25, -0.2) is 4.98 Å². The molecule has 0 atom stereocenters. The number of methoxy groups -OCH3 is 1. The molecule has 1 heterocycles. The maximum Gasteiger partial charge on any atom is 0.194 e. The number of guanidine groups is 1. The van der Waals surface area contributed by atoms with Gasteiger partial charge in [0.1, 0.15) is 11.6 Å². The van der Waals surface area contributed by atoms with Crippen LogP contribution in [0.2, 0.25) is 0 Å². The minimum Gasteiger partial charge on any atom is -0.496 e. The second-order valence-corrected chi connectivity index (χ2v) is 6.18. The Balaban J connectivity index is 1.62. The van der Waals surface area contributed by atoms with Crippen molar-refractivity contribution in [2.45, 2.75) is 13.1 Å². The Kier molecular flexibility index (Phi) is 6.10. The highest BCUT2D eigenvalue weighted by Crippen LogP contribution is 2.18. The van der Waals surface area contributed by atoms with Gasteiger partial charge < -0.3 is 19.9 Å². The van der Waals surface area contributed by atoms with E-state index in [0.717, 1.165) is 34.4 Å². The number of aromatic nitrogens is 2. The molecule has 2 N–H and O–H groups in total. The van der Waals surface area contributed by atoms with Crippen molar-refractivity contribution >= 4 is 5.96 Å². The summed E-state index contributed by atoms with van der Waals surface area (Å²) in [6, 6.07) is 18.1. The molecule has 0 aliphatic heterocycles.